The van der Waals surface area contributed by atoms with Crippen LogP contribution in [0.3, 0.4) is 0 Å². The Kier molecular flexibility index (Phi) is 5.57. The molecule has 1 atom stereocenters. The largest absolute Gasteiger partial charge is 0.481 e. The summed E-state index contributed by atoms with van der Waals surface area (Å²) in [6, 6.07) is 9.41. The van der Waals surface area contributed by atoms with Crippen molar-refractivity contribution in [3.8, 4) is 0 Å². The zero-order valence-electron chi connectivity index (χ0n) is 9.43. The lowest BCUT2D eigenvalue weighted by molar-refractivity contribution is -0.139. The van der Waals surface area contributed by atoms with Gasteiger partial charge in [0.05, 0.1) is 5.92 Å². The third-order valence-electron chi connectivity index (χ3n) is 2.70. The molecule has 1 rings (SSSR count). The van der Waals surface area contributed by atoms with Crippen LogP contribution in [0.4, 0.5) is 0 Å². The van der Waals surface area contributed by atoms with Crippen molar-refractivity contribution in [2.45, 2.75) is 31.6 Å². The number of carboxylic acids is 1. The number of carbonyl (C=O) groups is 1. The van der Waals surface area contributed by atoms with Crippen LogP contribution in [0.15, 0.2) is 30.3 Å². The molecule has 3 nitrogen and oxygen atoms in total. The Morgan fingerprint density at radius 1 is 1.19 bits per heavy atom. The van der Waals surface area contributed by atoms with Crippen molar-refractivity contribution in [3.05, 3.63) is 35.9 Å². The second-order valence-electron chi connectivity index (χ2n) is 3.94. The first kappa shape index (κ1) is 12.7. The van der Waals surface area contributed by atoms with Crippen molar-refractivity contribution in [2.75, 3.05) is 6.54 Å². The maximum absolute atomic E-state index is 11.1. The molecule has 0 aliphatic rings. The van der Waals surface area contributed by atoms with Crippen LogP contribution < -0.4 is 5.73 Å². The molecule has 3 N–H and O–H groups in total. The van der Waals surface area contributed by atoms with E-state index in [2.05, 4.69) is 0 Å². The number of carboxylic acid groups (broad SMARTS) is 1. The summed E-state index contributed by atoms with van der Waals surface area (Å²) < 4.78 is 0. The van der Waals surface area contributed by atoms with Crippen LogP contribution in [0.1, 0.15) is 37.2 Å². The minimum absolute atomic E-state index is 0.376. The molecule has 0 aliphatic heterocycles. The van der Waals surface area contributed by atoms with Crippen molar-refractivity contribution >= 4 is 5.97 Å². The predicted octanol–water partition coefficient (Wildman–Crippen LogP) is 2.37. The zero-order valence-corrected chi connectivity index (χ0v) is 9.43. The zero-order chi connectivity index (χ0) is 11.8. The molecule has 1 aromatic rings. The number of rotatable bonds is 7. The number of unbranched alkanes of at least 4 members (excludes halogenated alkanes) is 2. The fourth-order valence-corrected chi connectivity index (χ4v) is 1.79. The lowest BCUT2D eigenvalue weighted by atomic mass is 9.93. The van der Waals surface area contributed by atoms with Crippen molar-refractivity contribution in [3.63, 3.8) is 0 Å². The third kappa shape index (κ3) is 4.03. The van der Waals surface area contributed by atoms with Gasteiger partial charge in [-0.05, 0) is 24.9 Å². The first-order valence-corrected chi connectivity index (χ1v) is 5.73. The molecule has 0 aliphatic carbocycles. The number of benzene rings is 1. The van der Waals surface area contributed by atoms with Gasteiger partial charge in [-0.25, -0.2) is 0 Å². The van der Waals surface area contributed by atoms with Crippen molar-refractivity contribution in [1.82, 2.24) is 0 Å². The molecule has 0 fully saturated rings. The summed E-state index contributed by atoms with van der Waals surface area (Å²) in [5, 5.41) is 9.16. The third-order valence-corrected chi connectivity index (χ3v) is 2.70. The molecule has 0 aromatic heterocycles. The summed E-state index contributed by atoms with van der Waals surface area (Å²) in [5.41, 5.74) is 6.29. The Labute approximate surface area is 96.3 Å². The Balaban J connectivity index is 2.52. The van der Waals surface area contributed by atoms with Gasteiger partial charge in [0.15, 0.2) is 0 Å². The molecule has 0 amide bonds. The number of aliphatic carboxylic acids is 1. The fraction of sp³-hybridized carbons (Fsp3) is 0.462. The van der Waals surface area contributed by atoms with Crippen LogP contribution in [0.2, 0.25) is 0 Å². The highest BCUT2D eigenvalue weighted by Gasteiger charge is 2.18. The highest BCUT2D eigenvalue weighted by Crippen LogP contribution is 2.22. The quantitative estimate of drug-likeness (QED) is 0.695. The van der Waals surface area contributed by atoms with Gasteiger partial charge in [0.1, 0.15) is 0 Å². The van der Waals surface area contributed by atoms with E-state index >= 15 is 0 Å². The van der Waals surface area contributed by atoms with Gasteiger partial charge in [-0.3, -0.25) is 4.79 Å². The second kappa shape index (κ2) is 7.01. The van der Waals surface area contributed by atoms with Gasteiger partial charge in [-0.2, -0.15) is 0 Å². The van der Waals surface area contributed by atoms with Crippen molar-refractivity contribution in [2.24, 2.45) is 5.73 Å². The van der Waals surface area contributed by atoms with Gasteiger partial charge in [-0.1, -0.05) is 43.2 Å². The number of hydrogen-bond acceptors (Lipinski definition) is 2. The topological polar surface area (TPSA) is 63.3 Å². The smallest absolute Gasteiger partial charge is 0.310 e. The lowest BCUT2D eigenvalue weighted by Gasteiger charge is -2.12. The molecule has 0 heterocycles. The lowest BCUT2D eigenvalue weighted by Crippen LogP contribution is -2.11. The molecule has 3 heteroatoms. The SMILES string of the molecule is NCCCCC[C@H](C(=O)O)c1ccccc1. The van der Waals surface area contributed by atoms with Crippen molar-refractivity contribution in [1.29, 1.82) is 0 Å². The van der Waals surface area contributed by atoms with E-state index in [4.69, 9.17) is 10.8 Å². The summed E-state index contributed by atoms with van der Waals surface area (Å²) in [6.45, 7) is 0.684. The molecule has 88 valence electrons. The molecule has 16 heavy (non-hydrogen) atoms. The van der Waals surface area contributed by atoms with E-state index in [1.54, 1.807) is 0 Å². The molecular weight excluding hydrogens is 202 g/mol. The number of nitrogens with two attached hydrogens (primary N) is 1. The van der Waals surface area contributed by atoms with Crippen LogP contribution in [-0.2, 0) is 4.79 Å². The Bertz CT molecular complexity index is 311. The average Bonchev–Trinajstić information content (AvgIpc) is 2.30. The summed E-state index contributed by atoms with van der Waals surface area (Å²) in [6.07, 6.45) is 3.59. The van der Waals surface area contributed by atoms with Crippen LogP contribution >= 0.6 is 0 Å². The Hall–Kier alpha value is -1.35. The summed E-state index contributed by atoms with van der Waals surface area (Å²) in [4.78, 5) is 11.1. The van der Waals surface area contributed by atoms with Crippen molar-refractivity contribution < 1.29 is 9.90 Å². The van der Waals surface area contributed by atoms with Gasteiger partial charge in [0.2, 0.25) is 0 Å². The van der Waals surface area contributed by atoms with Gasteiger partial charge in [0.25, 0.3) is 0 Å². The van der Waals surface area contributed by atoms with Gasteiger partial charge >= 0.3 is 5.97 Å². The van der Waals surface area contributed by atoms with E-state index < -0.39 is 5.97 Å². The standard InChI is InChI=1S/C13H19NO2/c14-10-6-2-5-9-12(13(15)16)11-7-3-1-4-8-11/h1,3-4,7-8,12H,2,5-6,9-10,14H2,(H,15,16)/t12-/m0/s1. The summed E-state index contributed by atoms with van der Waals surface area (Å²) >= 11 is 0. The first-order valence-electron chi connectivity index (χ1n) is 5.73. The van der Waals surface area contributed by atoms with Crippen LogP contribution in [0, 0.1) is 0 Å². The van der Waals surface area contributed by atoms with Crippen LogP contribution in [0.25, 0.3) is 0 Å². The Morgan fingerprint density at radius 3 is 2.44 bits per heavy atom. The van der Waals surface area contributed by atoms with E-state index in [9.17, 15) is 4.79 Å². The summed E-state index contributed by atoms with van der Waals surface area (Å²) in [5.74, 6) is -1.11. The van der Waals surface area contributed by atoms with E-state index in [1.165, 1.54) is 0 Å². The normalized spacial score (nSPS) is 12.3. The minimum Gasteiger partial charge on any atom is -0.481 e. The van der Waals surface area contributed by atoms with Gasteiger partial charge in [-0.15, -0.1) is 0 Å². The molecule has 0 radical (unpaired) electrons. The number of hydrogen-bond donors (Lipinski definition) is 2. The minimum atomic E-state index is -0.737. The highest BCUT2D eigenvalue weighted by atomic mass is 16.4. The molecule has 0 saturated heterocycles. The molecule has 0 spiro atoms. The van der Waals surface area contributed by atoms with E-state index in [1.807, 2.05) is 30.3 Å². The monoisotopic (exact) mass is 221 g/mol. The van der Waals surface area contributed by atoms with Crippen LogP contribution in [-0.4, -0.2) is 17.6 Å². The summed E-state index contributed by atoms with van der Waals surface area (Å²) in [7, 11) is 0. The highest BCUT2D eigenvalue weighted by molar-refractivity contribution is 5.75. The van der Waals surface area contributed by atoms with Gasteiger partial charge < -0.3 is 10.8 Å². The Morgan fingerprint density at radius 2 is 1.88 bits per heavy atom. The van der Waals surface area contributed by atoms with Crippen LogP contribution in [0.5, 0.6) is 0 Å². The van der Waals surface area contributed by atoms with E-state index in [-0.39, 0.29) is 5.92 Å². The maximum atomic E-state index is 11.1. The van der Waals surface area contributed by atoms with Gasteiger partial charge in [0, 0.05) is 0 Å². The maximum Gasteiger partial charge on any atom is 0.310 e. The molecule has 1 aromatic carbocycles. The van der Waals surface area contributed by atoms with E-state index in [0.29, 0.717) is 13.0 Å². The molecule has 0 bridgehead atoms. The fourth-order valence-electron chi connectivity index (χ4n) is 1.79. The molecular formula is C13H19NO2. The molecule has 0 unspecified atom stereocenters. The second-order valence-corrected chi connectivity index (χ2v) is 3.94. The predicted molar refractivity (Wildman–Crippen MR) is 64.3 cm³/mol. The van der Waals surface area contributed by atoms with E-state index in [0.717, 1.165) is 24.8 Å². The first-order chi connectivity index (χ1) is 7.75. The average molecular weight is 221 g/mol. The molecule has 0 saturated carbocycles.